The number of rotatable bonds is 3. The molecule has 4 nitrogen and oxygen atoms in total. The molecule has 14 heavy (non-hydrogen) atoms. The Labute approximate surface area is 83.1 Å². The van der Waals surface area contributed by atoms with Gasteiger partial charge < -0.3 is 9.26 Å². The first-order valence-corrected chi connectivity index (χ1v) is 4.86. The van der Waals surface area contributed by atoms with E-state index in [1.165, 1.54) is 0 Å². The Morgan fingerprint density at radius 2 is 1.93 bits per heavy atom. The van der Waals surface area contributed by atoms with Crippen molar-refractivity contribution in [2.24, 2.45) is 0 Å². The minimum absolute atomic E-state index is 0.464. The van der Waals surface area contributed by atoms with Crippen LogP contribution in [0.5, 0.6) is 0 Å². The van der Waals surface area contributed by atoms with Crippen molar-refractivity contribution in [3.63, 3.8) is 0 Å². The molecule has 0 rings (SSSR count). The quantitative estimate of drug-likeness (QED) is 0.617. The molecule has 0 radical (unpaired) electrons. The number of alkyl halides is 3. The fourth-order valence-electron chi connectivity index (χ4n) is 0.358. The molecular formula is C5H10F3NO3P2. The van der Waals surface area contributed by atoms with Crippen molar-refractivity contribution in [2.45, 2.75) is 25.6 Å². The summed E-state index contributed by atoms with van der Waals surface area (Å²) in [7, 11) is 1.56. The summed E-state index contributed by atoms with van der Waals surface area (Å²) in [6.45, 7) is 1.48. The van der Waals surface area contributed by atoms with E-state index in [0.717, 1.165) is 13.8 Å². The molecule has 0 aromatic heterocycles. The highest BCUT2D eigenvalue weighted by molar-refractivity contribution is 7.41. The Balaban J connectivity index is 4.16. The minimum Gasteiger partial charge on any atom is -0.418 e. The molecule has 0 saturated carbocycles. The maximum atomic E-state index is 12.2. The van der Waals surface area contributed by atoms with Crippen LogP contribution in [-0.2, 0) is 9.26 Å². The standard InChI is InChI=1S/C5H10F3NO3P2/c1-4(2,5(6,7)8)11-3(10)12-14-9-13/h9,14H,13H2,1-2H3. The number of hydrogen-bond acceptors (Lipinski definition) is 4. The molecule has 0 fully saturated rings. The van der Waals surface area contributed by atoms with Gasteiger partial charge in [-0.05, 0) is 13.8 Å². The molecule has 9 heteroatoms. The Bertz CT molecular complexity index is 209. The number of ether oxygens (including phenoxy) is 1. The summed E-state index contributed by atoms with van der Waals surface area (Å²) in [4.78, 5) is 13.0. The SMILES string of the molecule is CC(C)(OC(=O)OPNP)C(F)(F)F. The van der Waals surface area contributed by atoms with Crippen molar-refractivity contribution in [2.75, 3.05) is 0 Å². The summed E-state index contributed by atoms with van der Waals surface area (Å²) >= 11 is 0. The van der Waals surface area contributed by atoms with Crippen molar-refractivity contribution >= 4 is 24.5 Å². The smallest absolute Gasteiger partial charge is 0.418 e. The number of carbonyl (C=O) groups is 1. The predicted octanol–water partition coefficient (Wildman–Crippen LogP) is 2.37. The summed E-state index contributed by atoms with van der Waals surface area (Å²) in [5, 5.41) is 0. The van der Waals surface area contributed by atoms with Gasteiger partial charge in [-0.25, -0.2) is 9.65 Å². The minimum atomic E-state index is -4.62. The lowest BCUT2D eigenvalue weighted by Gasteiger charge is -2.26. The summed E-state index contributed by atoms with van der Waals surface area (Å²) in [6, 6.07) is 0. The third-order valence-electron chi connectivity index (χ3n) is 1.21. The lowest BCUT2D eigenvalue weighted by molar-refractivity contribution is -0.247. The van der Waals surface area contributed by atoms with Crippen LogP contribution in [-0.4, -0.2) is 17.9 Å². The summed E-state index contributed by atoms with van der Waals surface area (Å²) < 4.78 is 44.8. The van der Waals surface area contributed by atoms with E-state index < -0.39 is 26.9 Å². The van der Waals surface area contributed by atoms with Crippen molar-refractivity contribution in [1.82, 2.24) is 4.86 Å². The van der Waals surface area contributed by atoms with Gasteiger partial charge in [-0.1, -0.05) is 9.39 Å². The Kier molecular flexibility index (Phi) is 5.06. The first-order chi connectivity index (χ1) is 6.20. The van der Waals surface area contributed by atoms with E-state index in [9.17, 15) is 18.0 Å². The number of hydrogen-bond donors (Lipinski definition) is 1. The first-order valence-electron chi connectivity index (χ1n) is 3.38. The third-order valence-corrected chi connectivity index (χ3v) is 1.95. The Morgan fingerprint density at radius 1 is 1.43 bits per heavy atom. The maximum Gasteiger partial charge on any atom is 0.512 e. The second kappa shape index (κ2) is 5.10. The molecule has 0 aromatic rings. The molecule has 84 valence electrons. The van der Waals surface area contributed by atoms with Crippen molar-refractivity contribution in [1.29, 1.82) is 0 Å². The van der Waals surface area contributed by atoms with Gasteiger partial charge >= 0.3 is 12.3 Å². The first kappa shape index (κ1) is 13.9. The van der Waals surface area contributed by atoms with Gasteiger partial charge in [0.05, 0.1) is 0 Å². The van der Waals surface area contributed by atoms with Crippen LogP contribution < -0.4 is 4.86 Å². The molecule has 0 amide bonds. The zero-order chi connectivity index (χ0) is 11.4. The van der Waals surface area contributed by atoms with E-state index in [4.69, 9.17) is 0 Å². The summed E-state index contributed by atoms with van der Waals surface area (Å²) in [5.74, 6) is 0. The van der Waals surface area contributed by atoms with Gasteiger partial charge in [0.25, 0.3) is 0 Å². The highest BCUT2D eigenvalue weighted by atomic mass is 31.1. The molecule has 2 unspecified atom stereocenters. The average Bonchev–Trinajstić information content (AvgIpc) is 1.97. The molecule has 0 aliphatic rings. The van der Waals surface area contributed by atoms with Gasteiger partial charge in [0.1, 0.15) is 0 Å². The maximum absolute atomic E-state index is 12.2. The molecule has 1 N–H and O–H groups in total. The van der Waals surface area contributed by atoms with E-state index in [2.05, 4.69) is 14.1 Å². The van der Waals surface area contributed by atoms with Crippen molar-refractivity contribution in [3.8, 4) is 0 Å². The third kappa shape index (κ3) is 4.40. The van der Waals surface area contributed by atoms with Crippen LogP contribution >= 0.6 is 18.3 Å². The zero-order valence-electron chi connectivity index (χ0n) is 7.44. The van der Waals surface area contributed by atoms with Gasteiger partial charge in [0.2, 0.25) is 5.60 Å². The van der Waals surface area contributed by atoms with Gasteiger partial charge in [-0.2, -0.15) is 13.2 Å². The number of halogens is 3. The lowest BCUT2D eigenvalue weighted by Crippen LogP contribution is -2.43. The molecule has 0 bridgehead atoms. The van der Waals surface area contributed by atoms with Gasteiger partial charge in [-0.3, -0.25) is 0 Å². The van der Waals surface area contributed by atoms with Gasteiger partial charge in [0.15, 0.2) is 8.96 Å². The van der Waals surface area contributed by atoms with Crippen LogP contribution in [0, 0.1) is 0 Å². The molecular weight excluding hydrogens is 241 g/mol. The topological polar surface area (TPSA) is 47.6 Å². The lowest BCUT2D eigenvalue weighted by atomic mass is 10.1. The second-order valence-corrected chi connectivity index (χ2v) is 4.27. The largest absolute Gasteiger partial charge is 0.512 e. The number of carbonyl (C=O) groups excluding carboxylic acids is 1. The van der Waals surface area contributed by atoms with E-state index in [1.54, 1.807) is 0 Å². The van der Waals surface area contributed by atoms with Crippen LogP contribution in [0.25, 0.3) is 0 Å². The van der Waals surface area contributed by atoms with Crippen LogP contribution in [0.1, 0.15) is 13.8 Å². The highest BCUT2D eigenvalue weighted by Crippen LogP contribution is 2.33. The predicted molar refractivity (Wildman–Crippen MR) is 48.9 cm³/mol. The van der Waals surface area contributed by atoms with E-state index >= 15 is 0 Å². The average molecular weight is 251 g/mol. The van der Waals surface area contributed by atoms with E-state index in [1.807, 2.05) is 9.39 Å². The van der Waals surface area contributed by atoms with Crippen LogP contribution in [0.4, 0.5) is 18.0 Å². The monoisotopic (exact) mass is 251 g/mol. The zero-order valence-corrected chi connectivity index (χ0v) is 9.59. The molecule has 0 aliphatic carbocycles. The van der Waals surface area contributed by atoms with Crippen molar-refractivity contribution < 1.29 is 27.2 Å². The second-order valence-electron chi connectivity index (χ2n) is 2.71. The fourth-order valence-corrected chi connectivity index (χ4v) is 0.719. The normalized spacial score (nSPS) is 13.3. The van der Waals surface area contributed by atoms with Crippen LogP contribution in [0.15, 0.2) is 0 Å². The Morgan fingerprint density at radius 3 is 2.29 bits per heavy atom. The summed E-state index contributed by atoms with van der Waals surface area (Å²) in [6.07, 6.45) is -5.98. The van der Waals surface area contributed by atoms with Gasteiger partial charge in [0, 0.05) is 0 Å². The molecule has 0 spiro atoms. The fraction of sp³-hybridized carbons (Fsp3) is 0.800. The van der Waals surface area contributed by atoms with E-state index in [-0.39, 0.29) is 0 Å². The molecule has 0 aliphatic heterocycles. The molecule has 0 heterocycles. The Hall–Kier alpha value is -0.120. The summed E-state index contributed by atoms with van der Waals surface area (Å²) in [5.41, 5.74) is -2.55. The van der Waals surface area contributed by atoms with Crippen LogP contribution in [0.2, 0.25) is 0 Å². The van der Waals surface area contributed by atoms with E-state index in [0.29, 0.717) is 0 Å². The van der Waals surface area contributed by atoms with Crippen molar-refractivity contribution in [3.05, 3.63) is 0 Å². The van der Waals surface area contributed by atoms with Crippen LogP contribution in [0.3, 0.4) is 0 Å². The molecule has 2 atom stereocenters. The highest BCUT2D eigenvalue weighted by Gasteiger charge is 2.51. The number of nitrogens with one attached hydrogen (secondary N) is 1. The van der Waals surface area contributed by atoms with Gasteiger partial charge in [-0.15, -0.1) is 0 Å². The molecule has 0 saturated heterocycles. The molecule has 0 aromatic carbocycles.